The SMILES string of the molecule is COc1ccc(N2C(=O)/C(=C\N(C)C)c3ccc(OC)cc3C2=O)cc1. The van der Waals surface area contributed by atoms with Gasteiger partial charge in [-0.25, -0.2) is 4.90 Å². The van der Waals surface area contributed by atoms with E-state index in [0.29, 0.717) is 33.9 Å². The van der Waals surface area contributed by atoms with Gasteiger partial charge in [0.05, 0.1) is 31.0 Å². The van der Waals surface area contributed by atoms with Gasteiger partial charge in [-0.15, -0.1) is 0 Å². The van der Waals surface area contributed by atoms with Crippen molar-refractivity contribution in [2.75, 3.05) is 33.2 Å². The standard InChI is InChI=1S/C20H20N2O4/c1-21(2)12-18-16-10-9-15(26-4)11-17(16)19(23)22(20(18)24)13-5-7-14(25-3)8-6-13/h5-12H,1-4H3/b18-12-. The summed E-state index contributed by atoms with van der Waals surface area (Å²) in [6.07, 6.45) is 1.72. The number of carbonyl (C=O) groups excluding carboxylic acids is 2. The Morgan fingerprint density at radius 2 is 1.46 bits per heavy atom. The number of hydrogen-bond donors (Lipinski definition) is 0. The van der Waals surface area contributed by atoms with Gasteiger partial charge in [-0.1, -0.05) is 0 Å². The van der Waals surface area contributed by atoms with Crippen LogP contribution in [-0.4, -0.2) is 45.0 Å². The van der Waals surface area contributed by atoms with E-state index in [0.717, 1.165) is 0 Å². The lowest BCUT2D eigenvalue weighted by Crippen LogP contribution is -2.42. The molecule has 0 saturated heterocycles. The maximum absolute atomic E-state index is 13.1. The van der Waals surface area contributed by atoms with Crippen molar-refractivity contribution in [2.24, 2.45) is 0 Å². The summed E-state index contributed by atoms with van der Waals surface area (Å²) in [6, 6.07) is 11.9. The fraction of sp³-hybridized carbons (Fsp3) is 0.200. The number of benzene rings is 2. The van der Waals surface area contributed by atoms with Crippen LogP contribution >= 0.6 is 0 Å². The number of hydrogen-bond acceptors (Lipinski definition) is 5. The van der Waals surface area contributed by atoms with Crippen LogP contribution in [0.5, 0.6) is 11.5 Å². The predicted octanol–water partition coefficient (Wildman–Crippen LogP) is 2.79. The number of methoxy groups -OCH3 is 2. The molecule has 134 valence electrons. The molecule has 2 aromatic carbocycles. The highest BCUT2D eigenvalue weighted by molar-refractivity contribution is 6.41. The third kappa shape index (κ3) is 3.01. The van der Waals surface area contributed by atoms with Crippen LogP contribution in [0.1, 0.15) is 15.9 Å². The van der Waals surface area contributed by atoms with Gasteiger partial charge in [-0.2, -0.15) is 0 Å². The smallest absolute Gasteiger partial charge is 0.267 e. The monoisotopic (exact) mass is 352 g/mol. The van der Waals surface area contributed by atoms with Crippen LogP contribution in [0.2, 0.25) is 0 Å². The average molecular weight is 352 g/mol. The first-order valence-electron chi connectivity index (χ1n) is 8.05. The number of anilines is 1. The number of imide groups is 1. The highest BCUT2D eigenvalue weighted by Gasteiger charge is 2.36. The molecular formula is C20H20N2O4. The van der Waals surface area contributed by atoms with Gasteiger partial charge in [0.25, 0.3) is 11.8 Å². The molecule has 2 amide bonds. The average Bonchev–Trinajstić information content (AvgIpc) is 2.65. The van der Waals surface area contributed by atoms with Crippen molar-refractivity contribution in [2.45, 2.75) is 0 Å². The fourth-order valence-electron chi connectivity index (χ4n) is 2.86. The van der Waals surface area contributed by atoms with Crippen molar-refractivity contribution in [1.82, 2.24) is 4.90 Å². The Morgan fingerprint density at radius 3 is 2.04 bits per heavy atom. The Labute approximate surface area is 152 Å². The van der Waals surface area contributed by atoms with Gasteiger partial charge in [0, 0.05) is 25.9 Å². The molecule has 0 N–H and O–H groups in total. The van der Waals surface area contributed by atoms with Crippen LogP contribution < -0.4 is 14.4 Å². The second-order valence-electron chi connectivity index (χ2n) is 6.06. The van der Waals surface area contributed by atoms with Crippen molar-refractivity contribution in [1.29, 1.82) is 0 Å². The molecule has 0 unspecified atom stereocenters. The Hall–Kier alpha value is -3.28. The third-order valence-electron chi connectivity index (χ3n) is 4.10. The van der Waals surface area contributed by atoms with E-state index in [1.54, 1.807) is 60.7 Å². The molecule has 0 aromatic heterocycles. The van der Waals surface area contributed by atoms with E-state index in [1.807, 2.05) is 14.1 Å². The number of fused-ring (bicyclic) bond motifs is 1. The fourth-order valence-corrected chi connectivity index (χ4v) is 2.86. The summed E-state index contributed by atoms with van der Waals surface area (Å²) in [6.45, 7) is 0. The summed E-state index contributed by atoms with van der Waals surface area (Å²) >= 11 is 0. The second kappa shape index (κ2) is 6.92. The van der Waals surface area contributed by atoms with Gasteiger partial charge in [0.15, 0.2) is 0 Å². The number of amides is 2. The molecule has 0 fully saturated rings. The number of rotatable bonds is 4. The van der Waals surface area contributed by atoms with E-state index in [1.165, 1.54) is 12.0 Å². The van der Waals surface area contributed by atoms with Crippen LogP contribution in [0, 0.1) is 0 Å². The minimum absolute atomic E-state index is 0.369. The number of carbonyl (C=O) groups is 2. The molecule has 6 heteroatoms. The quantitative estimate of drug-likeness (QED) is 0.626. The zero-order valence-electron chi connectivity index (χ0n) is 15.1. The number of nitrogens with zero attached hydrogens (tertiary/aromatic N) is 2. The van der Waals surface area contributed by atoms with Gasteiger partial charge in [0.2, 0.25) is 0 Å². The normalized spacial score (nSPS) is 15.1. The Bertz CT molecular complexity index is 885. The van der Waals surface area contributed by atoms with Gasteiger partial charge < -0.3 is 14.4 Å². The molecular weight excluding hydrogens is 332 g/mol. The molecule has 26 heavy (non-hydrogen) atoms. The predicted molar refractivity (Wildman–Crippen MR) is 99.5 cm³/mol. The summed E-state index contributed by atoms with van der Waals surface area (Å²) in [5.41, 5.74) is 1.95. The molecule has 0 saturated carbocycles. The first kappa shape index (κ1) is 17.5. The highest BCUT2D eigenvalue weighted by Crippen LogP contribution is 2.34. The molecule has 6 nitrogen and oxygen atoms in total. The van der Waals surface area contributed by atoms with Crippen molar-refractivity contribution in [3.05, 3.63) is 59.8 Å². The molecule has 0 aliphatic carbocycles. The van der Waals surface area contributed by atoms with Gasteiger partial charge in [0.1, 0.15) is 11.5 Å². The minimum Gasteiger partial charge on any atom is -0.497 e. The van der Waals surface area contributed by atoms with Gasteiger partial charge in [-0.05, 0) is 42.5 Å². The molecule has 1 aliphatic heterocycles. The molecule has 0 atom stereocenters. The van der Waals surface area contributed by atoms with Crippen LogP contribution in [0.4, 0.5) is 5.69 Å². The van der Waals surface area contributed by atoms with Crippen LogP contribution in [0.25, 0.3) is 5.57 Å². The maximum Gasteiger partial charge on any atom is 0.267 e. The third-order valence-corrected chi connectivity index (χ3v) is 4.10. The van der Waals surface area contributed by atoms with E-state index in [2.05, 4.69) is 0 Å². The number of ether oxygens (including phenoxy) is 2. The van der Waals surface area contributed by atoms with Crippen molar-refractivity contribution in [3.63, 3.8) is 0 Å². The lowest BCUT2D eigenvalue weighted by atomic mass is 9.93. The lowest BCUT2D eigenvalue weighted by molar-refractivity contribution is -0.112. The molecule has 2 aromatic rings. The van der Waals surface area contributed by atoms with Gasteiger partial charge in [-0.3, -0.25) is 9.59 Å². The summed E-state index contributed by atoms with van der Waals surface area (Å²) in [4.78, 5) is 29.1. The van der Waals surface area contributed by atoms with Crippen LogP contribution in [0.3, 0.4) is 0 Å². The van der Waals surface area contributed by atoms with E-state index in [9.17, 15) is 9.59 Å². The largest absolute Gasteiger partial charge is 0.497 e. The van der Waals surface area contributed by atoms with Crippen molar-refractivity contribution in [3.8, 4) is 11.5 Å². The second-order valence-corrected chi connectivity index (χ2v) is 6.06. The molecule has 1 heterocycles. The molecule has 0 spiro atoms. The topological polar surface area (TPSA) is 59.1 Å². The highest BCUT2D eigenvalue weighted by atomic mass is 16.5. The molecule has 0 bridgehead atoms. The summed E-state index contributed by atoms with van der Waals surface area (Å²) in [7, 11) is 6.76. The van der Waals surface area contributed by atoms with E-state index < -0.39 is 0 Å². The van der Waals surface area contributed by atoms with E-state index in [4.69, 9.17) is 9.47 Å². The Morgan fingerprint density at radius 1 is 0.846 bits per heavy atom. The summed E-state index contributed by atoms with van der Waals surface area (Å²) in [5.74, 6) is 0.457. The first-order chi connectivity index (χ1) is 12.5. The Kier molecular flexibility index (Phi) is 4.67. The lowest BCUT2D eigenvalue weighted by Gasteiger charge is -2.29. The van der Waals surface area contributed by atoms with Crippen LogP contribution in [0.15, 0.2) is 48.7 Å². The van der Waals surface area contributed by atoms with Gasteiger partial charge >= 0.3 is 0 Å². The molecule has 0 radical (unpaired) electrons. The summed E-state index contributed by atoms with van der Waals surface area (Å²) < 4.78 is 10.4. The zero-order chi connectivity index (χ0) is 18.8. The van der Waals surface area contributed by atoms with E-state index in [-0.39, 0.29) is 11.8 Å². The Balaban J connectivity index is 2.17. The minimum atomic E-state index is -0.384. The molecule has 3 rings (SSSR count). The maximum atomic E-state index is 13.1. The van der Waals surface area contributed by atoms with Crippen molar-refractivity contribution >= 4 is 23.1 Å². The zero-order valence-corrected chi connectivity index (χ0v) is 15.1. The van der Waals surface area contributed by atoms with Crippen LogP contribution in [-0.2, 0) is 4.79 Å². The van der Waals surface area contributed by atoms with E-state index >= 15 is 0 Å². The summed E-state index contributed by atoms with van der Waals surface area (Å²) in [5, 5.41) is 0. The molecule has 1 aliphatic rings. The van der Waals surface area contributed by atoms with Crippen molar-refractivity contribution < 1.29 is 19.1 Å². The first-order valence-corrected chi connectivity index (χ1v) is 8.05.